The van der Waals surface area contributed by atoms with E-state index in [9.17, 15) is 4.79 Å². The van der Waals surface area contributed by atoms with Gasteiger partial charge in [-0.05, 0) is 36.2 Å². The normalized spacial score (nSPS) is 19.2. The first kappa shape index (κ1) is 14.7. The van der Waals surface area contributed by atoms with Crippen LogP contribution in [0.3, 0.4) is 0 Å². The lowest BCUT2D eigenvalue weighted by molar-refractivity contribution is -0.118. The standard InChI is InChI=1S/C17H16N2O2S/c1-21-14-9-7-12(8-10-14)11-15-16(20)19-17(22-15)18-13-5-3-2-4-6-13/h2-10,15H,11H2,1H3,(H,18,19,20)/t15-/m1/s1. The number of nitrogens with one attached hydrogen (secondary N) is 1. The minimum Gasteiger partial charge on any atom is -0.497 e. The molecule has 2 aromatic rings. The van der Waals surface area contributed by atoms with Gasteiger partial charge in [0.15, 0.2) is 5.17 Å². The second kappa shape index (κ2) is 6.66. The lowest BCUT2D eigenvalue weighted by Gasteiger charge is -2.06. The Kier molecular flexibility index (Phi) is 4.44. The predicted molar refractivity (Wildman–Crippen MR) is 89.8 cm³/mol. The van der Waals surface area contributed by atoms with Crippen molar-refractivity contribution in [2.24, 2.45) is 4.99 Å². The molecule has 0 radical (unpaired) electrons. The second-order valence-electron chi connectivity index (χ2n) is 4.90. The van der Waals surface area contributed by atoms with E-state index in [1.165, 1.54) is 11.8 Å². The molecule has 1 saturated heterocycles. The average molecular weight is 312 g/mol. The van der Waals surface area contributed by atoms with Crippen LogP contribution in [0.15, 0.2) is 59.6 Å². The number of hydrogen-bond donors (Lipinski definition) is 1. The molecule has 0 spiro atoms. The molecule has 1 fully saturated rings. The Balaban J connectivity index is 1.68. The summed E-state index contributed by atoms with van der Waals surface area (Å²) in [7, 11) is 1.64. The molecule has 0 saturated carbocycles. The molecule has 1 atom stereocenters. The van der Waals surface area contributed by atoms with Crippen molar-refractivity contribution in [3.63, 3.8) is 0 Å². The molecule has 2 aromatic carbocycles. The van der Waals surface area contributed by atoms with Crippen molar-refractivity contribution in [3.05, 3.63) is 60.2 Å². The Morgan fingerprint density at radius 1 is 1.14 bits per heavy atom. The molecule has 1 aliphatic heterocycles. The molecule has 1 amide bonds. The highest BCUT2D eigenvalue weighted by Gasteiger charge is 2.30. The Hall–Kier alpha value is -2.27. The molecule has 5 heteroatoms. The van der Waals surface area contributed by atoms with Gasteiger partial charge in [-0.15, -0.1) is 0 Å². The van der Waals surface area contributed by atoms with E-state index in [-0.39, 0.29) is 11.2 Å². The van der Waals surface area contributed by atoms with E-state index >= 15 is 0 Å². The van der Waals surface area contributed by atoms with E-state index in [2.05, 4.69) is 10.3 Å². The number of amides is 1. The molecule has 0 aromatic heterocycles. The maximum Gasteiger partial charge on any atom is 0.239 e. The number of rotatable bonds is 4. The number of carbonyl (C=O) groups excluding carboxylic acids is 1. The highest BCUT2D eigenvalue weighted by Crippen LogP contribution is 2.26. The van der Waals surface area contributed by atoms with Crippen LogP contribution in [-0.2, 0) is 11.2 Å². The van der Waals surface area contributed by atoms with Gasteiger partial charge in [-0.25, -0.2) is 4.99 Å². The first-order valence-corrected chi connectivity index (χ1v) is 7.87. The van der Waals surface area contributed by atoms with Crippen LogP contribution >= 0.6 is 11.8 Å². The topological polar surface area (TPSA) is 50.7 Å². The van der Waals surface area contributed by atoms with Gasteiger partial charge >= 0.3 is 0 Å². The Morgan fingerprint density at radius 3 is 2.55 bits per heavy atom. The van der Waals surface area contributed by atoms with E-state index in [1.807, 2.05) is 54.6 Å². The van der Waals surface area contributed by atoms with Crippen LogP contribution in [0.2, 0.25) is 0 Å². The highest BCUT2D eigenvalue weighted by molar-refractivity contribution is 8.15. The van der Waals surface area contributed by atoms with Crippen LogP contribution < -0.4 is 10.1 Å². The van der Waals surface area contributed by atoms with Gasteiger partial charge in [0, 0.05) is 0 Å². The predicted octanol–water partition coefficient (Wildman–Crippen LogP) is 3.16. The van der Waals surface area contributed by atoms with Crippen molar-refractivity contribution >= 4 is 28.5 Å². The minimum absolute atomic E-state index is 0.00972. The van der Waals surface area contributed by atoms with Crippen molar-refractivity contribution in [1.82, 2.24) is 5.32 Å². The largest absolute Gasteiger partial charge is 0.497 e. The lowest BCUT2D eigenvalue weighted by atomic mass is 10.1. The van der Waals surface area contributed by atoms with E-state index in [0.717, 1.165) is 17.0 Å². The van der Waals surface area contributed by atoms with Crippen LogP contribution in [-0.4, -0.2) is 23.4 Å². The smallest absolute Gasteiger partial charge is 0.239 e. The Labute approximate surface area is 133 Å². The van der Waals surface area contributed by atoms with E-state index in [1.54, 1.807) is 7.11 Å². The summed E-state index contributed by atoms with van der Waals surface area (Å²) >= 11 is 1.48. The van der Waals surface area contributed by atoms with Crippen molar-refractivity contribution in [1.29, 1.82) is 0 Å². The molecule has 112 valence electrons. The third-order valence-electron chi connectivity index (χ3n) is 3.34. The number of carbonyl (C=O) groups is 1. The van der Waals surface area contributed by atoms with E-state index in [4.69, 9.17) is 4.74 Å². The molecule has 1 aliphatic rings. The number of para-hydroxylation sites is 1. The van der Waals surface area contributed by atoms with Crippen LogP contribution in [0.25, 0.3) is 0 Å². The van der Waals surface area contributed by atoms with Gasteiger partial charge in [0.05, 0.1) is 18.0 Å². The first-order valence-electron chi connectivity index (χ1n) is 6.99. The maximum atomic E-state index is 12.1. The van der Waals surface area contributed by atoms with Gasteiger partial charge < -0.3 is 10.1 Å². The number of ether oxygens (including phenoxy) is 1. The summed E-state index contributed by atoms with van der Waals surface area (Å²) in [5.74, 6) is 0.828. The van der Waals surface area contributed by atoms with Crippen molar-refractivity contribution in [2.75, 3.05) is 7.11 Å². The number of benzene rings is 2. The van der Waals surface area contributed by atoms with Gasteiger partial charge in [-0.1, -0.05) is 42.1 Å². The monoisotopic (exact) mass is 312 g/mol. The van der Waals surface area contributed by atoms with Gasteiger partial charge in [-0.2, -0.15) is 0 Å². The second-order valence-corrected chi connectivity index (χ2v) is 6.09. The molecule has 1 N–H and O–H groups in total. The maximum absolute atomic E-state index is 12.1. The molecule has 0 bridgehead atoms. The number of nitrogens with zero attached hydrogens (tertiary/aromatic N) is 1. The first-order chi connectivity index (χ1) is 10.7. The van der Waals surface area contributed by atoms with Gasteiger partial charge in [0.2, 0.25) is 5.91 Å². The zero-order chi connectivity index (χ0) is 15.4. The van der Waals surface area contributed by atoms with Crippen molar-refractivity contribution in [2.45, 2.75) is 11.7 Å². The summed E-state index contributed by atoms with van der Waals surface area (Å²) < 4.78 is 5.14. The summed E-state index contributed by atoms with van der Waals surface area (Å²) in [6, 6.07) is 17.4. The SMILES string of the molecule is COc1ccc(C[C@H]2SC(=Nc3ccccc3)NC2=O)cc1. The van der Waals surface area contributed by atoms with Crippen LogP contribution in [0.5, 0.6) is 5.75 Å². The molecule has 22 heavy (non-hydrogen) atoms. The summed E-state index contributed by atoms with van der Waals surface area (Å²) in [6.07, 6.45) is 0.675. The fourth-order valence-corrected chi connectivity index (χ4v) is 3.22. The third kappa shape index (κ3) is 3.49. The van der Waals surface area contributed by atoms with Gasteiger partial charge in [0.1, 0.15) is 5.75 Å². The minimum atomic E-state index is -0.143. The van der Waals surface area contributed by atoms with E-state index < -0.39 is 0 Å². The number of hydrogen-bond acceptors (Lipinski definition) is 4. The van der Waals surface area contributed by atoms with Crippen LogP contribution in [0.4, 0.5) is 5.69 Å². The number of thioether (sulfide) groups is 1. The fraction of sp³-hybridized carbons (Fsp3) is 0.176. The Bertz CT molecular complexity index is 684. The molecule has 0 unspecified atom stereocenters. The third-order valence-corrected chi connectivity index (χ3v) is 4.43. The number of aliphatic imine (C=N–C) groups is 1. The zero-order valence-corrected chi connectivity index (χ0v) is 13.0. The van der Waals surface area contributed by atoms with Crippen LogP contribution in [0.1, 0.15) is 5.56 Å². The zero-order valence-electron chi connectivity index (χ0n) is 12.2. The van der Waals surface area contributed by atoms with Crippen LogP contribution in [0, 0.1) is 0 Å². The summed E-state index contributed by atoms with van der Waals surface area (Å²) in [5.41, 5.74) is 1.95. The average Bonchev–Trinajstić information content (AvgIpc) is 2.88. The van der Waals surface area contributed by atoms with Crippen molar-refractivity contribution in [3.8, 4) is 5.75 Å². The molecular weight excluding hydrogens is 296 g/mol. The van der Waals surface area contributed by atoms with E-state index in [0.29, 0.717) is 11.6 Å². The summed E-state index contributed by atoms with van der Waals surface area (Å²) in [4.78, 5) is 16.5. The molecule has 4 nitrogen and oxygen atoms in total. The Morgan fingerprint density at radius 2 is 1.86 bits per heavy atom. The van der Waals surface area contributed by atoms with Crippen molar-refractivity contribution < 1.29 is 9.53 Å². The molecule has 1 heterocycles. The van der Waals surface area contributed by atoms with Gasteiger partial charge in [-0.3, -0.25) is 4.79 Å². The molecule has 0 aliphatic carbocycles. The molecule has 3 rings (SSSR count). The highest BCUT2D eigenvalue weighted by atomic mass is 32.2. The molecular formula is C17H16N2O2S. The summed E-state index contributed by atoms with van der Waals surface area (Å²) in [5, 5.41) is 3.36. The van der Waals surface area contributed by atoms with Gasteiger partial charge in [0.25, 0.3) is 0 Å². The fourth-order valence-electron chi connectivity index (χ4n) is 2.19. The number of methoxy groups -OCH3 is 1. The lowest BCUT2D eigenvalue weighted by Crippen LogP contribution is -2.25. The number of amidine groups is 1. The summed E-state index contributed by atoms with van der Waals surface area (Å²) in [6.45, 7) is 0. The quantitative estimate of drug-likeness (QED) is 0.943.